The minimum absolute atomic E-state index is 0. The van der Waals surface area contributed by atoms with Crippen LogP contribution >= 0.6 is 0 Å². The average Bonchev–Trinajstić information content (AvgIpc) is 1.59. The monoisotopic (exact) mass is 1750 g/mol. The maximum absolute atomic E-state index is 12.2. The highest BCUT2D eigenvalue weighted by molar-refractivity contribution is 6.52. The molecule has 11 N–H and O–H groups in total. The Bertz CT molecular complexity index is 6150. The first kappa shape index (κ1) is 101. The molecule has 0 unspecified atom stereocenters. The lowest BCUT2D eigenvalue weighted by Gasteiger charge is -2.17. The fourth-order valence-corrected chi connectivity index (χ4v) is 13.1. The predicted octanol–water partition coefficient (Wildman–Crippen LogP) is 19.0. The van der Waals surface area contributed by atoms with Gasteiger partial charge in [-0.05, 0) is 87.2 Å². The van der Waals surface area contributed by atoms with Gasteiger partial charge in [-0.2, -0.15) is 0 Å². The van der Waals surface area contributed by atoms with Gasteiger partial charge in [0, 0.05) is 80.7 Å². The first-order valence-electron chi connectivity index (χ1n) is 41.5. The van der Waals surface area contributed by atoms with E-state index in [4.69, 9.17) is 48.4 Å². The molecule has 128 heavy (non-hydrogen) atoms. The molecule has 1 aliphatic carbocycles. The molecule has 0 radical (unpaired) electrons. The van der Waals surface area contributed by atoms with Crippen molar-refractivity contribution in [1.82, 2.24) is 54.4 Å². The number of H-pyrrole nitrogens is 3. The van der Waals surface area contributed by atoms with Crippen molar-refractivity contribution < 1.29 is 65.6 Å². The number of carboxylic acids is 2. The van der Waals surface area contributed by atoms with Gasteiger partial charge < -0.3 is 80.9 Å². The maximum atomic E-state index is 12.2. The van der Waals surface area contributed by atoms with E-state index in [1.807, 2.05) is 244 Å². The maximum Gasteiger partial charge on any atom is 0.317 e. The molecule has 12 aromatic carbocycles. The molecule has 0 bridgehead atoms. The topological polar surface area (TPSA) is 383 Å². The molecule has 1 amide bonds. The molecule has 0 saturated carbocycles. The molecular weight excluding hydrogens is 1630 g/mol. The Morgan fingerprint density at radius 3 is 1.26 bits per heavy atom. The minimum Gasteiger partial charge on any atom is -0.507 e. The Morgan fingerprint density at radius 1 is 0.484 bits per heavy atom. The third kappa shape index (κ3) is 29.3. The number of aromatic nitrogens is 6. The average molecular weight is 1750 g/mol. The first-order valence-corrected chi connectivity index (χ1v) is 39.8. The summed E-state index contributed by atoms with van der Waals surface area (Å²) in [4.78, 5) is 98.7. The van der Waals surface area contributed by atoms with Crippen molar-refractivity contribution in [3.63, 3.8) is 0 Å². The van der Waals surface area contributed by atoms with Crippen molar-refractivity contribution in [2.24, 2.45) is 0 Å². The van der Waals surface area contributed by atoms with E-state index in [0.29, 0.717) is 83.9 Å². The van der Waals surface area contributed by atoms with E-state index in [1.165, 1.54) is 13.5 Å². The minimum atomic E-state index is -1.00. The summed E-state index contributed by atoms with van der Waals surface area (Å²) >= 11 is 0. The number of aromatic hydroxyl groups is 1. The fourth-order valence-electron chi connectivity index (χ4n) is 13.1. The van der Waals surface area contributed by atoms with Crippen LogP contribution < -0.4 is 31.0 Å². The number of nitrogens with one attached hydrogen (secondary N) is 4. The molecule has 3 heterocycles. The number of phenols is 1. The molecule has 0 spiro atoms. The van der Waals surface area contributed by atoms with Gasteiger partial charge in [0.25, 0.3) is 17.4 Å². The quantitative estimate of drug-likeness (QED) is 0.0140. The number of nitrogens with two attached hydrogens (primary N) is 2. The van der Waals surface area contributed by atoms with E-state index in [0.717, 1.165) is 119 Å². The number of rotatable bonds is 21. The zero-order valence-electron chi connectivity index (χ0n) is 75.4. The summed E-state index contributed by atoms with van der Waals surface area (Å²) in [5.41, 5.74) is 22.3. The molecule has 16 rings (SSSR count). The highest BCUT2D eigenvalue weighted by Crippen LogP contribution is 2.41. The number of halogens is 1. The summed E-state index contributed by atoms with van der Waals surface area (Å²) < 4.78 is 39.2. The van der Waals surface area contributed by atoms with Crippen LogP contribution in [0.25, 0.3) is 76.4 Å². The number of nitro benzene ring substituents is 1. The Morgan fingerprint density at radius 2 is 0.836 bits per heavy atom. The number of hydrogen-bond acceptors (Lipinski definition) is 21. The van der Waals surface area contributed by atoms with Crippen molar-refractivity contribution >= 4 is 117 Å². The van der Waals surface area contributed by atoms with E-state index in [9.17, 15) is 38.8 Å². The van der Waals surface area contributed by atoms with E-state index in [-0.39, 0.29) is 44.4 Å². The lowest BCUT2D eigenvalue weighted by molar-refractivity contribution is -0.383. The van der Waals surface area contributed by atoms with Crippen LogP contribution in [-0.4, -0.2) is 195 Å². The molecule has 28 nitrogen and oxygen atoms in total. The molecule has 0 aliphatic heterocycles. The summed E-state index contributed by atoms with van der Waals surface area (Å²) in [7, 11) is 19.3. The number of nitro groups is 1. The van der Waals surface area contributed by atoms with E-state index in [2.05, 4.69) is 70.4 Å². The molecule has 3 aromatic heterocycles. The number of hydrogen-bond donors (Lipinski definition) is 9. The number of ketones is 2. The first-order chi connectivity index (χ1) is 61.4. The van der Waals surface area contributed by atoms with Gasteiger partial charge in [-0.25, -0.2) is 15.0 Å². The van der Waals surface area contributed by atoms with Gasteiger partial charge in [-0.15, -0.1) is 0 Å². The number of aliphatic carboxylic acids is 2. The van der Waals surface area contributed by atoms with Crippen LogP contribution in [0.3, 0.4) is 0 Å². The van der Waals surface area contributed by atoms with Gasteiger partial charge in [0.1, 0.15) is 77.4 Å². The number of benzene rings is 12. The standard InChI is InChI=1S/C21H23N3O2.C21H21N3O.C17H14N2O3.C14H13N3O2.C14H15N3O.C4H9NO2.C2H4O2.C2H6.CH3F.3CH4/c1-24(2)13-20(25)23-21-17-11-7-6-10-16(17)19(12-18(21)22)26-14-15-8-4-3-5-9-15;1-24(2)13-20-22-18-12-19(25-14-15-8-4-3-5-9-15)16-10-6-7-11-17(16)21(18)23-20;18-17-14-9-5-4-8-13(14)16(10-15(17)19(20)21)22-11-12-6-2-1-3-7-12;1-17(2)7-10-15-11-8-5-3-4-6-9(8)13(18)14(19)12(11)16-10;1-17(2)8-13-15-11-7-12(18)9-5-3-4-6-10(9)14(11)16-13;1-5(2)3-4(6)7;1-2(3)4;2*1-2;;;/h3-12H,13-14,22H2,1-2H3,(H,23,25);3-12H,13-14H2,1-2H3,(H,22,23);1-10H,11,18H2;3-6H,7H2,1-2H3,(H,15,16);3-7,18H,8H2,1-2H3,(H,15,16);3H2,1-2H3,(H,6,7);1H3,(H,3,4);1-2H3;1H3;3*1H4/i;;;;;;;;2*1D;;. The summed E-state index contributed by atoms with van der Waals surface area (Å²) in [6, 6.07) is 74.9. The number of aromatic amines is 3. The summed E-state index contributed by atoms with van der Waals surface area (Å²) in [5, 5.41) is 46.7. The van der Waals surface area contributed by atoms with Crippen molar-refractivity contribution in [3.05, 3.63) is 292 Å². The van der Waals surface area contributed by atoms with E-state index >= 15 is 0 Å². The highest BCUT2D eigenvalue weighted by Gasteiger charge is 2.33. The smallest absolute Gasteiger partial charge is 0.317 e. The molecule has 1 aliphatic rings. The summed E-state index contributed by atoms with van der Waals surface area (Å²) in [5.74, 6) is 2.19. The normalized spacial score (nSPS) is 10.9. The molecule has 29 heteroatoms. The van der Waals surface area contributed by atoms with Crippen molar-refractivity contribution in [2.45, 2.75) is 82.5 Å². The molecule has 15 aromatic rings. The predicted molar refractivity (Wildman–Crippen MR) is 515 cm³/mol. The van der Waals surface area contributed by atoms with Gasteiger partial charge >= 0.3 is 5.97 Å². The lowest BCUT2D eigenvalue weighted by Crippen LogP contribution is -2.27. The number of likely N-dealkylation sites (N-methyl/N-ethyl adjacent to an activating group) is 2. The third-order valence-electron chi connectivity index (χ3n) is 18.2. The number of imidazole rings is 3. The Labute approximate surface area is 749 Å². The number of ether oxygens (including phenoxy) is 3. The second-order valence-electron chi connectivity index (χ2n) is 29.6. The number of carbonyl (C=O) groups excluding carboxylic acids is 3. The number of Topliss-reactive ketones (excluding diaryl/α,β-unsaturated/α-hetero) is 2. The number of alkyl halides is 1. The number of carbonyl (C=O) groups is 5. The second kappa shape index (κ2) is 51.1. The molecule has 0 saturated heterocycles. The van der Waals surface area contributed by atoms with Crippen LogP contribution in [0.4, 0.5) is 27.1 Å². The van der Waals surface area contributed by atoms with Crippen molar-refractivity contribution in [1.29, 1.82) is 0 Å². The molecule has 0 atom stereocenters. The van der Waals surface area contributed by atoms with Gasteiger partial charge in [0.05, 0.1) is 85.7 Å². The van der Waals surface area contributed by atoms with Gasteiger partial charge in [-0.3, -0.25) is 43.4 Å². The van der Waals surface area contributed by atoms with E-state index < -0.39 is 35.6 Å². The van der Waals surface area contributed by atoms with Crippen LogP contribution in [0, 0.1) is 10.1 Å². The van der Waals surface area contributed by atoms with Crippen LogP contribution in [0.1, 0.15) is 101 Å². The highest BCUT2D eigenvalue weighted by atomic mass is 19.1. The van der Waals surface area contributed by atoms with E-state index in [1.54, 1.807) is 55.4 Å². The van der Waals surface area contributed by atoms with Crippen molar-refractivity contribution in [3.8, 4) is 34.3 Å². The SMILES string of the molecule is C.C.CC.CC(=O)O.CN(C)CC(=O)Nc1c(N)cc(OCc2ccccc2)c2ccccc12.CN(C)CC(=O)O.CN(C)Cc1nc2c([nH]1)C(=O)C(=O)c1ccccc1-2.CN(C)Cc1nc2c(cc(O)c3ccccc32)[nH]1.CN(C)Cc1nc2c(cc(OCc3ccccc3)c3ccccc32)[nH]1.Nc1c([N+](=O)[O-])cc(OCc2ccccc2)c2ccccc12.[2H]C.[2H]CF. The fraction of sp³-hybridized carbons (Fsp3) is 0.253. The number of nitrogens with zero attached hydrogens (tertiary/aromatic N) is 9. The number of phenolic OH excluding ortho intramolecular Hbond substituents is 1. The number of fused-ring (bicyclic) bond motifs is 11. The molecular formula is C99H120FN15O13. The Hall–Kier alpha value is -14.5. The second-order valence-corrected chi connectivity index (χ2v) is 29.6. The largest absolute Gasteiger partial charge is 0.507 e. The number of carboxylic acid groups (broad SMARTS) is 2. The number of anilines is 3. The zero-order chi connectivity index (χ0) is 93.7. The lowest BCUT2D eigenvalue weighted by atomic mass is 9.90. The zero-order valence-corrected chi connectivity index (χ0v) is 73.4. The van der Waals surface area contributed by atoms with Crippen LogP contribution in [0.2, 0.25) is 0 Å². The number of nitrogen functional groups attached to an aromatic ring is 2. The third-order valence-corrected chi connectivity index (χ3v) is 18.2. The molecule has 676 valence electrons. The molecule has 0 fully saturated rings. The summed E-state index contributed by atoms with van der Waals surface area (Å²) in [6.07, 6.45) is 0. The Balaban J connectivity index is 0.000000275. The summed E-state index contributed by atoms with van der Waals surface area (Å²) in [6.45, 7) is 8.96. The van der Waals surface area contributed by atoms with Crippen molar-refractivity contribution in [2.75, 3.05) is 108 Å². The van der Waals surface area contributed by atoms with Gasteiger partial charge in [0.2, 0.25) is 11.7 Å². The number of amides is 1. The van der Waals surface area contributed by atoms with Crippen LogP contribution in [0.5, 0.6) is 23.0 Å². The Kier molecular flexibility index (Phi) is 40.1. The van der Waals surface area contributed by atoms with Gasteiger partial charge in [0.15, 0.2) is 0 Å². The van der Waals surface area contributed by atoms with Crippen LogP contribution in [-0.2, 0) is 53.8 Å². The van der Waals surface area contributed by atoms with Gasteiger partial charge in [-0.1, -0.05) is 248 Å². The van der Waals surface area contributed by atoms with Crippen LogP contribution in [0.15, 0.2) is 237 Å².